The highest BCUT2D eigenvalue weighted by molar-refractivity contribution is 6.12. The van der Waals surface area contributed by atoms with Gasteiger partial charge in [0.1, 0.15) is 0 Å². The van der Waals surface area contributed by atoms with Gasteiger partial charge in [-0.05, 0) is 48.6 Å². The second kappa shape index (κ2) is 3.56. The first-order chi connectivity index (χ1) is 8.16. The topological polar surface area (TPSA) is 17.1 Å². The van der Waals surface area contributed by atoms with Gasteiger partial charge in [-0.1, -0.05) is 30.3 Å². The first kappa shape index (κ1) is 10.3. The number of hydrogen-bond donors (Lipinski definition) is 0. The van der Waals surface area contributed by atoms with Crippen LogP contribution >= 0.6 is 0 Å². The normalized spacial score (nSPS) is 13.2. The van der Waals surface area contributed by atoms with Crippen molar-refractivity contribution in [1.82, 2.24) is 0 Å². The molecule has 2 aromatic rings. The molecule has 1 heteroatoms. The molecule has 0 unspecified atom stereocenters. The average molecular weight is 222 g/mol. The molecule has 0 amide bonds. The summed E-state index contributed by atoms with van der Waals surface area (Å²) in [5.41, 5.74) is 6.51. The van der Waals surface area contributed by atoms with Crippen LogP contribution in [0.1, 0.15) is 38.2 Å². The minimum absolute atomic E-state index is 0.171. The Bertz CT molecular complexity index is 623. The molecular weight excluding hydrogens is 208 g/mol. The number of hydrogen-bond acceptors (Lipinski definition) is 1. The molecule has 0 saturated carbocycles. The fourth-order valence-corrected chi connectivity index (χ4v) is 2.48. The van der Waals surface area contributed by atoms with Crippen molar-refractivity contribution in [1.29, 1.82) is 0 Å². The number of benzene rings is 2. The van der Waals surface area contributed by atoms with E-state index in [1.807, 2.05) is 30.3 Å². The van der Waals surface area contributed by atoms with Gasteiger partial charge in [-0.15, -0.1) is 0 Å². The molecule has 1 nitrogen and oxygen atoms in total. The van der Waals surface area contributed by atoms with Gasteiger partial charge in [-0.25, -0.2) is 0 Å². The number of rotatable bonds is 0. The first-order valence-electron chi connectivity index (χ1n) is 5.89. The molecule has 17 heavy (non-hydrogen) atoms. The molecule has 1 aliphatic carbocycles. The van der Waals surface area contributed by atoms with Crippen LogP contribution in [-0.4, -0.2) is 5.78 Å². The van der Waals surface area contributed by atoms with Gasteiger partial charge < -0.3 is 0 Å². The highest BCUT2D eigenvalue weighted by atomic mass is 16.1. The third-order valence-electron chi connectivity index (χ3n) is 3.61. The van der Waals surface area contributed by atoms with E-state index in [4.69, 9.17) is 0 Å². The largest absolute Gasteiger partial charge is 0.289 e. The van der Waals surface area contributed by atoms with Crippen LogP contribution in [0.25, 0.3) is 0 Å². The molecule has 0 spiro atoms. The van der Waals surface area contributed by atoms with E-state index in [1.54, 1.807) is 0 Å². The average Bonchev–Trinajstić information content (AvgIpc) is 2.32. The van der Waals surface area contributed by atoms with Gasteiger partial charge in [-0.3, -0.25) is 4.79 Å². The van der Waals surface area contributed by atoms with E-state index in [1.165, 1.54) is 11.1 Å². The molecular formula is C16H14O. The van der Waals surface area contributed by atoms with Crippen LogP contribution in [0.3, 0.4) is 0 Å². The summed E-state index contributed by atoms with van der Waals surface area (Å²) in [4.78, 5) is 12.4. The standard InChI is InChI=1S/C16H14O/c1-10-7-13-9-12-5-3-4-6-14(12)16(17)15(13)8-11(10)2/h3-8H,9H2,1-2H3. The SMILES string of the molecule is Cc1cc2c(cc1C)C(=O)c1ccccc1C2. The van der Waals surface area contributed by atoms with Crippen molar-refractivity contribution in [3.63, 3.8) is 0 Å². The van der Waals surface area contributed by atoms with E-state index < -0.39 is 0 Å². The maximum absolute atomic E-state index is 12.4. The van der Waals surface area contributed by atoms with Gasteiger partial charge in [0.25, 0.3) is 0 Å². The number of carbonyl (C=O) groups excluding carboxylic acids is 1. The molecule has 0 saturated heterocycles. The van der Waals surface area contributed by atoms with E-state index in [-0.39, 0.29) is 5.78 Å². The molecule has 3 rings (SSSR count). The fraction of sp³-hybridized carbons (Fsp3) is 0.188. The third-order valence-corrected chi connectivity index (χ3v) is 3.61. The monoisotopic (exact) mass is 222 g/mol. The predicted octanol–water partition coefficient (Wildman–Crippen LogP) is 3.44. The highest BCUT2D eigenvalue weighted by Gasteiger charge is 2.22. The molecule has 0 N–H and O–H groups in total. The maximum atomic E-state index is 12.4. The number of ketones is 1. The molecule has 2 aromatic carbocycles. The Labute approximate surface area is 101 Å². The van der Waals surface area contributed by atoms with Crippen LogP contribution in [-0.2, 0) is 6.42 Å². The van der Waals surface area contributed by atoms with Crippen LogP contribution in [0.5, 0.6) is 0 Å². The lowest BCUT2D eigenvalue weighted by molar-refractivity contribution is 0.103. The van der Waals surface area contributed by atoms with E-state index in [2.05, 4.69) is 19.9 Å². The quantitative estimate of drug-likeness (QED) is 0.569. The lowest BCUT2D eigenvalue weighted by Crippen LogP contribution is -2.15. The van der Waals surface area contributed by atoms with Crippen molar-refractivity contribution in [3.8, 4) is 0 Å². The zero-order chi connectivity index (χ0) is 12.0. The van der Waals surface area contributed by atoms with E-state index in [0.717, 1.165) is 28.7 Å². The van der Waals surface area contributed by atoms with Crippen LogP contribution in [0.15, 0.2) is 36.4 Å². The molecule has 84 valence electrons. The molecule has 0 aliphatic heterocycles. The van der Waals surface area contributed by atoms with Crippen molar-refractivity contribution < 1.29 is 4.79 Å². The summed E-state index contributed by atoms with van der Waals surface area (Å²) in [6, 6.07) is 12.1. The minimum Gasteiger partial charge on any atom is -0.289 e. The summed E-state index contributed by atoms with van der Waals surface area (Å²) in [6.07, 6.45) is 0.873. The lowest BCUT2D eigenvalue weighted by Gasteiger charge is -2.19. The van der Waals surface area contributed by atoms with Gasteiger partial charge in [0.05, 0.1) is 0 Å². The lowest BCUT2D eigenvalue weighted by atomic mass is 9.83. The summed E-state index contributed by atoms with van der Waals surface area (Å²) in [5.74, 6) is 0.171. The van der Waals surface area contributed by atoms with E-state index in [9.17, 15) is 4.79 Å². The zero-order valence-corrected chi connectivity index (χ0v) is 10.1. The van der Waals surface area contributed by atoms with Crippen molar-refractivity contribution in [2.45, 2.75) is 20.3 Å². The Balaban J connectivity index is 2.23. The second-order valence-corrected chi connectivity index (χ2v) is 4.76. The summed E-state index contributed by atoms with van der Waals surface area (Å²) in [7, 11) is 0. The predicted molar refractivity (Wildman–Crippen MR) is 68.6 cm³/mol. The van der Waals surface area contributed by atoms with Crippen molar-refractivity contribution in [3.05, 3.63) is 69.8 Å². The van der Waals surface area contributed by atoms with Crippen LogP contribution in [0.2, 0.25) is 0 Å². The molecule has 0 atom stereocenters. The first-order valence-corrected chi connectivity index (χ1v) is 5.89. The van der Waals surface area contributed by atoms with Gasteiger partial charge in [0, 0.05) is 11.1 Å². The Hall–Kier alpha value is -1.89. The molecule has 0 radical (unpaired) electrons. The molecule has 0 heterocycles. The summed E-state index contributed by atoms with van der Waals surface area (Å²) < 4.78 is 0. The minimum atomic E-state index is 0.171. The third kappa shape index (κ3) is 1.50. The Morgan fingerprint density at radius 3 is 2.41 bits per heavy atom. The Morgan fingerprint density at radius 1 is 0.882 bits per heavy atom. The maximum Gasteiger partial charge on any atom is 0.193 e. The number of carbonyl (C=O) groups is 1. The van der Waals surface area contributed by atoms with Crippen LogP contribution < -0.4 is 0 Å². The van der Waals surface area contributed by atoms with Crippen LogP contribution in [0.4, 0.5) is 0 Å². The number of aryl methyl sites for hydroxylation is 2. The highest BCUT2D eigenvalue weighted by Crippen LogP contribution is 2.28. The smallest absolute Gasteiger partial charge is 0.193 e. The molecule has 1 aliphatic rings. The van der Waals surface area contributed by atoms with Crippen molar-refractivity contribution in [2.24, 2.45) is 0 Å². The van der Waals surface area contributed by atoms with E-state index in [0.29, 0.717) is 0 Å². The fourth-order valence-electron chi connectivity index (χ4n) is 2.48. The van der Waals surface area contributed by atoms with Crippen LogP contribution in [0, 0.1) is 13.8 Å². The molecule has 0 fully saturated rings. The molecule has 0 bridgehead atoms. The van der Waals surface area contributed by atoms with Gasteiger partial charge in [-0.2, -0.15) is 0 Å². The zero-order valence-electron chi connectivity index (χ0n) is 10.1. The number of fused-ring (bicyclic) bond motifs is 2. The van der Waals surface area contributed by atoms with Gasteiger partial charge in [0.15, 0.2) is 5.78 Å². The van der Waals surface area contributed by atoms with Crippen molar-refractivity contribution in [2.75, 3.05) is 0 Å². The summed E-state index contributed by atoms with van der Waals surface area (Å²) >= 11 is 0. The Kier molecular flexibility index (Phi) is 2.15. The summed E-state index contributed by atoms with van der Waals surface area (Å²) in [5, 5.41) is 0. The van der Waals surface area contributed by atoms with Gasteiger partial charge >= 0.3 is 0 Å². The Morgan fingerprint density at radius 2 is 1.59 bits per heavy atom. The summed E-state index contributed by atoms with van der Waals surface area (Å²) in [6.45, 7) is 4.16. The molecule has 0 aromatic heterocycles. The van der Waals surface area contributed by atoms with Gasteiger partial charge in [0.2, 0.25) is 0 Å². The van der Waals surface area contributed by atoms with E-state index >= 15 is 0 Å². The second-order valence-electron chi connectivity index (χ2n) is 4.76. The van der Waals surface area contributed by atoms with Crippen molar-refractivity contribution >= 4 is 5.78 Å².